The van der Waals surface area contributed by atoms with Gasteiger partial charge in [0.05, 0.1) is 23.9 Å². The highest BCUT2D eigenvalue weighted by molar-refractivity contribution is 7.15. The van der Waals surface area contributed by atoms with E-state index in [9.17, 15) is 19.8 Å². The van der Waals surface area contributed by atoms with E-state index in [4.69, 9.17) is 4.74 Å². The third-order valence-electron chi connectivity index (χ3n) is 5.69. The Morgan fingerprint density at radius 3 is 2.69 bits per heavy atom. The van der Waals surface area contributed by atoms with E-state index >= 15 is 0 Å². The predicted molar refractivity (Wildman–Crippen MR) is 129 cm³/mol. The van der Waals surface area contributed by atoms with Crippen molar-refractivity contribution in [3.63, 3.8) is 0 Å². The number of pyridine rings is 1. The number of aliphatic hydroxyl groups excluding tert-OH is 1. The van der Waals surface area contributed by atoms with E-state index in [1.165, 1.54) is 11.0 Å². The number of phenolic OH excluding ortho intramolecular Hbond substituents is 1. The molecule has 4 heterocycles. The minimum absolute atomic E-state index is 0.0862. The van der Waals surface area contributed by atoms with Gasteiger partial charge in [0.25, 0.3) is 5.78 Å². The van der Waals surface area contributed by atoms with Crippen LogP contribution in [0.2, 0.25) is 0 Å². The van der Waals surface area contributed by atoms with Gasteiger partial charge in [0, 0.05) is 6.20 Å². The standard InChI is InChI=1S/C24H21N5O5S/c1-4-34-16-11-14(8-9-15(16)30)20-18(22(32)23(33)29(20)24-27-26-13(3)35-24)21(31)19-12(2)25-17-7-5-6-10-28(17)19/h5-11,20,30-31H,4H2,1-3H3. The maximum atomic E-state index is 13.4. The summed E-state index contributed by atoms with van der Waals surface area (Å²) < 4.78 is 7.18. The molecule has 1 aromatic carbocycles. The van der Waals surface area contributed by atoms with Crippen LogP contribution in [0.4, 0.5) is 5.13 Å². The fourth-order valence-corrected chi connectivity index (χ4v) is 4.94. The largest absolute Gasteiger partial charge is 0.505 e. The number of Topliss-reactive ketones (excluding diaryl/α,β-unsaturated/α-hetero) is 1. The smallest absolute Gasteiger partial charge is 0.301 e. The van der Waals surface area contributed by atoms with Gasteiger partial charge in [-0.3, -0.25) is 18.9 Å². The Labute approximate surface area is 203 Å². The number of imidazole rings is 1. The lowest BCUT2D eigenvalue weighted by atomic mass is 9.96. The van der Waals surface area contributed by atoms with Crippen molar-refractivity contribution in [1.29, 1.82) is 0 Å². The van der Waals surface area contributed by atoms with Crippen molar-refractivity contribution in [2.75, 3.05) is 11.5 Å². The summed E-state index contributed by atoms with van der Waals surface area (Å²) in [7, 11) is 0. The first-order chi connectivity index (χ1) is 16.8. The number of aromatic nitrogens is 4. The lowest BCUT2D eigenvalue weighted by molar-refractivity contribution is -0.132. The summed E-state index contributed by atoms with van der Waals surface area (Å²) in [4.78, 5) is 32.3. The van der Waals surface area contributed by atoms with Gasteiger partial charge < -0.3 is 14.9 Å². The molecule has 3 aromatic heterocycles. The van der Waals surface area contributed by atoms with E-state index in [0.29, 0.717) is 34.2 Å². The van der Waals surface area contributed by atoms with E-state index in [2.05, 4.69) is 15.2 Å². The molecule has 0 bridgehead atoms. The molecule has 0 spiro atoms. The molecule has 2 N–H and O–H groups in total. The number of ether oxygens (including phenoxy) is 1. The van der Waals surface area contributed by atoms with Gasteiger partial charge in [-0.1, -0.05) is 23.5 Å². The van der Waals surface area contributed by atoms with Gasteiger partial charge >= 0.3 is 5.91 Å². The van der Waals surface area contributed by atoms with Crippen LogP contribution in [0.25, 0.3) is 11.4 Å². The second-order valence-corrected chi connectivity index (χ2v) is 9.07. The molecule has 1 saturated heterocycles. The SMILES string of the molecule is CCOc1cc(C2C(=C(O)c3c(C)nc4ccccn34)C(=O)C(=O)N2c2nnc(C)s2)ccc1O. The van der Waals surface area contributed by atoms with Crippen LogP contribution < -0.4 is 9.64 Å². The first kappa shape index (κ1) is 22.5. The van der Waals surface area contributed by atoms with E-state index in [-0.39, 0.29) is 28.0 Å². The number of benzene rings is 1. The van der Waals surface area contributed by atoms with Gasteiger partial charge in [-0.05, 0) is 50.6 Å². The minimum atomic E-state index is -1.03. The molecule has 1 fully saturated rings. The number of aliphatic hydroxyl groups is 1. The molecule has 0 aliphatic carbocycles. The second-order valence-electron chi connectivity index (χ2n) is 7.91. The number of hydrogen-bond acceptors (Lipinski definition) is 9. The van der Waals surface area contributed by atoms with E-state index in [1.54, 1.807) is 55.6 Å². The Balaban J connectivity index is 1.78. The van der Waals surface area contributed by atoms with Crippen molar-refractivity contribution in [1.82, 2.24) is 19.6 Å². The summed E-state index contributed by atoms with van der Waals surface area (Å²) >= 11 is 1.15. The zero-order chi connectivity index (χ0) is 24.9. The Hall–Kier alpha value is -4.25. The zero-order valence-electron chi connectivity index (χ0n) is 19.1. The molecular formula is C24H21N5O5S. The number of ketones is 1. The highest BCUT2D eigenvalue weighted by atomic mass is 32.1. The first-order valence-corrected chi connectivity index (χ1v) is 11.6. The predicted octanol–water partition coefficient (Wildman–Crippen LogP) is 3.53. The zero-order valence-corrected chi connectivity index (χ0v) is 19.9. The lowest BCUT2D eigenvalue weighted by Gasteiger charge is -2.23. The molecule has 1 aliphatic rings. The van der Waals surface area contributed by atoms with Crippen LogP contribution in [0.5, 0.6) is 11.5 Å². The molecule has 35 heavy (non-hydrogen) atoms. The maximum Gasteiger partial charge on any atom is 0.301 e. The van der Waals surface area contributed by atoms with Crippen molar-refractivity contribution < 1.29 is 24.5 Å². The summed E-state index contributed by atoms with van der Waals surface area (Å²) in [6.45, 7) is 5.53. The topological polar surface area (TPSA) is 130 Å². The van der Waals surface area contributed by atoms with Crippen LogP contribution in [0.1, 0.15) is 34.9 Å². The van der Waals surface area contributed by atoms with Crippen molar-refractivity contribution in [2.24, 2.45) is 0 Å². The third-order valence-corrected chi connectivity index (χ3v) is 6.53. The average molecular weight is 492 g/mol. The highest BCUT2D eigenvalue weighted by Crippen LogP contribution is 2.44. The quantitative estimate of drug-likeness (QED) is 0.246. The lowest BCUT2D eigenvalue weighted by Crippen LogP contribution is -2.29. The molecule has 4 aromatic rings. The van der Waals surface area contributed by atoms with Crippen molar-refractivity contribution in [3.8, 4) is 11.5 Å². The van der Waals surface area contributed by atoms with Crippen molar-refractivity contribution in [2.45, 2.75) is 26.8 Å². The van der Waals surface area contributed by atoms with Crippen molar-refractivity contribution >= 4 is 39.6 Å². The number of fused-ring (bicyclic) bond motifs is 1. The molecule has 1 aliphatic heterocycles. The molecule has 1 unspecified atom stereocenters. The molecule has 0 saturated carbocycles. The van der Waals surface area contributed by atoms with Crippen molar-refractivity contribution in [3.05, 3.63) is 70.1 Å². The highest BCUT2D eigenvalue weighted by Gasteiger charge is 2.49. The molecule has 1 amide bonds. The summed E-state index contributed by atoms with van der Waals surface area (Å²) in [6.07, 6.45) is 1.72. The maximum absolute atomic E-state index is 13.4. The van der Waals surface area contributed by atoms with Gasteiger partial charge in [0.1, 0.15) is 16.3 Å². The monoisotopic (exact) mass is 491 g/mol. The molecular weight excluding hydrogens is 470 g/mol. The van der Waals surface area contributed by atoms with Crippen LogP contribution in [-0.4, -0.2) is 48.1 Å². The Bertz CT molecular complexity index is 1520. The van der Waals surface area contributed by atoms with E-state index < -0.39 is 17.7 Å². The van der Waals surface area contributed by atoms with Gasteiger partial charge in [-0.15, -0.1) is 10.2 Å². The van der Waals surface area contributed by atoms with Crippen LogP contribution in [0.15, 0.2) is 48.2 Å². The number of carbonyl (C=O) groups is 2. The number of phenols is 1. The molecule has 5 rings (SSSR count). The number of aromatic hydroxyl groups is 1. The summed E-state index contributed by atoms with van der Waals surface area (Å²) in [5.74, 6) is -1.96. The number of anilines is 1. The number of carbonyl (C=O) groups excluding carboxylic acids is 2. The Morgan fingerprint density at radius 1 is 1.17 bits per heavy atom. The molecule has 1 atom stereocenters. The fraction of sp³-hybridized carbons (Fsp3) is 0.208. The van der Waals surface area contributed by atoms with Gasteiger partial charge in [0.15, 0.2) is 17.3 Å². The van der Waals surface area contributed by atoms with Gasteiger partial charge in [0.2, 0.25) is 5.13 Å². The average Bonchev–Trinajstić information content (AvgIpc) is 3.48. The fourth-order valence-electron chi connectivity index (χ4n) is 4.23. The van der Waals surface area contributed by atoms with Gasteiger partial charge in [-0.2, -0.15) is 0 Å². The Kier molecular flexibility index (Phi) is 5.48. The summed E-state index contributed by atoms with van der Waals surface area (Å²) in [5.41, 5.74) is 1.71. The van der Waals surface area contributed by atoms with Crippen LogP contribution in [-0.2, 0) is 9.59 Å². The number of amides is 1. The number of rotatable bonds is 5. The summed E-state index contributed by atoms with van der Waals surface area (Å²) in [5, 5.41) is 30.6. The third kappa shape index (κ3) is 3.60. The molecule has 11 heteroatoms. The minimum Gasteiger partial charge on any atom is -0.505 e. The van der Waals surface area contributed by atoms with Crippen LogP contribution >= 0.6 is 11.3 Å². The van der Waals surface area contributed by atoms with Crippen LogP contribution in [0, 0.1) is 13.8 Å². The number of aryl methyl sites for hydroxylation is 2. The Morgan fingerprint density at radius 2 is 1.97 bits per heavy atom. The van der Waals surface area contributed by atoms with Crippen LogP contribution in [0.3, 0.4) is 0 Å². The molecule has 10 nitrogen and oxygen atoms in total. The van der Waals surface area contributed by atoms with E-state index in [1.807, 2.05) is 6.07 Å². The molecule has 0 radical (unpaired) electrons. The van der Waals surface area contributed by atoms with Gasteiger partial charge in [-0.25, -0.2) is 4.98 Å². The summed E-state index contributed by atoms with van der Waals surface area (Å²) in [6, 6.07) is 8.88. The number of nitrogens with zero attached hydrogens (tertiary/aromatic N) is 5. The molecule has 178 valence electrons. The first-order valence-electron chi connectivity index (χ1n) is 10.8. The van der Waals surface area contributed by atoms with E-state index in [0.717, 1.165) is 11.3 Å². The second kappa shape index (κ2) is 8.51. The number of hydrogen-bond donors (Lipinski definition) is 2. The normalized spacial score (nSPS) is 17.5.